The number of carbonyl (C=O) groups excluding carboxylic acids is 2. The maximum atomic E-state index is 11.9. The second-order valence-electron chi connectivity index (χ2n) is 3.74. The van der Waals surface area contributed by atoms with Crippen LogP contribution in [-0.2, 0) is 9.59 Å². The Hall–Kier alpha value is -1.99. The first-order valence-corrected chi connectivity index (χ1v) is 6.07. The fourth-order valence-electron chi connectivity index (χ4n) is 1.35. The number of carboxylic acid groups (broad SMARTS) is 1. The minimum Gasteiger partial charge on any atom is -0.480 e. The monoisotopic (exact) mass is 319 g/mol. The van der Waals surface area contributed by atoms with E-state index in [-0.39, 0.29) is 15.7 Å². The summed E-state index contributed by atoms with van der Waals surface area (Å²) in [6.07, 6.45) is 0. The molecule has 0 aromatic heterocycles. The molecule has 0 saturated heterocycles. The zero-order valence-corrected chi connectivity index (χ0v) is 11.6. The third kappa shape index (κ3) is 4.60. The van der Waals surface area contributed by atoms with Crippen molar-refractivity contribution in [3.05, 3.63) is 28.2 Å². The van der Waals surface area contributed by atoms with Gasteiger partial charge in [0.15, 0.2) is 0 Å². The second kappa shape index (κ2) is 6.97. The topological polar surface area (TPSA) is 113 Å². The van der Waals surface area contributed by atoms with Crippen molar-refractivity contribution in [2.75, 3.05) is 18.4 Å². The number of rotatable bonds is 5. The van der Waals surface area contributed by atoms with E-state index in [1.165, 1.54) is 12.1 Å². The summed E-state index contributed by atoms with van der Waals surface area (Å²) >= 11 is 11.7. The molecule has 0 heterocycles. The molecule has 1 aromatic rings. The number of nitrogens with two attached hydrogens (primary N) is 1. The van der Waals surface area contributed by atoms with Crippen LogP contribution in [0.25, 0.3) is 0 Å². The number of nitrogens with zero attached hydrogens (tertiary/aromatic N) is 1. The third-order valence-corrected chi connectivity index (χ3v) is 2.78. The highest BCUT2D eigenvalue weighted by Crippen LogP contribution is 2.29. The van der Waals surface area contributed by atoms with E-state index in [1.54, 1.807) is 6.07 Å². The summed E-state index contributed by atoms with van der Waals surface area (Å²) in [6.45, 7) is -1.23. The molecule has 1 rings (SSSR count). The van der Waals surface area contributed by atoms with Crippen LogP contribution in [0.4, 0.5) is 10.5 Å². The number of anilines is 1. The number of hydrogen-bond acceptors (Lipinski definition) is 3. The Kier molecular flexibility index (Phi) is 5.60. The van der Waals surface area contributed by atoms with Gasteiger partial charge in [0.25, 0.3) is 0 Å². The fraction of sp³-hybridized carbons (Fsp3) is 0.182. The van der Waals surface area contributed by atoms with Crippen molar-refractivity contribution < 1.29 is 19.5 Å². The molecule has 0 spiro atoms. The number of benzene rings is 1. The van der Waals surface area contributed by atoms with Crippen molar-refractivity contribution in [1.82, 2.24) is 4.90 Å². The minimum atomic E-state index is -1.29. The Balaban J connectivity index is 2.90. The Morgan fingerprint density at radius 2 is 1.75 bits per heavy atom. The van der Waals surface area contributed by atoms with Crippen molar-refractivity contribution in [2.24, 2.45) is 5.73 Å². The van der Waals surface area contributed by atoms with Crippen molar-refractivity contribution >= 4 is 46.8 Å². The van der Waals surface area contributed by atoms with Gasteiger partial charge in [0.1, 0.15) is 13.1 Å². The predicted octanol–water partition coefficient (Wildman–Crippen LogP) is 1.40. The van der Waals surface area contributed by atoms with Crippen LogP contribution in [0.1, 0.15) is 0 Å². The van der Waals surface area contributed by atoms with E-state index >= 15 is 0 Å². The lowest BCUT2D eigenvalue weighted by Gasteiger charge is -2.20. The molecule has 0 bridgehead atoms. The molecule has 0 saturated carbocycles. The predicted molar refractivity (Wildman–Crippen MR) is 73.9 cm³/mol. The molecule has 108 valence electrons. The lowest BCUT2D eigenvalue weighted by molar-refractivity contribution is -0.137. The Bertz CT molecular complexity index is 514. The number of amides is 3. The Morgan fingerprint density at radius 3 is 2.20 bits per heavy atom. The van der Waals surface area contributed by atoms with Crippen molar-refractivity contribution in [2.45, 2.75) is 0 Å². The van der Waals surface area contributed by atoms with E-state index < -0.39 is 31.0 Å². The molecule has 0 atom stereocenters. The van der Waals surface area contributed by atoms with Crippen LogP contribution < -0.4 is 11.1 Å². The summed E-state index contributed by atoms with van der Waals surface area (Å²) in [4.78, 5) is 34.1. The number of carbonyl (C=O) groups is 3. The van der Waals surface area contributed by atoms with Gasteiger partial charge in [-0.05, 0) is 12.1 Å². The molecule has 0 aliphatic heterocycles. The molecule has 0 radical (unpaired) electrons. The molecule has 4 N–H and O–H groups in total. The number of hydrogen-bond donors (Lipinski definition) is 3. The lowest BCUT2D eigenvalue weighted by atomic mass is 10.3. The highest BCUT2D eigenvalue weighted by molar-refractivity contribution is 6.39. The maximum Gasteiger partial charge on any atom is 0.323 e. The average Bonchev–Trinajstić information content (AvgIpc) is 2.31. The van der Waals surface area contributed by atoms with Gasteiger partial charge in [-0.2, -0.15) is 0 Å². The number of urea groups is 1. The van der Waals surface area contributed by atoms with Gasteiger partial charge in [0.05, 0.1) is 15.7 Å². The summed E-state index contributed by atoms with van der Waals surface area (Å²) in [7, 11) is 0. The third-order valence-electron chi connectivity index (χ3n) is 2.15. The molecule has 20 heavy (non-hydrogen) atoms. The lowest BCUT2D eigenvalue weighted by Crippen LogP contribution is -2.43. The van der Waals surface area contributed by atoms with Gasteiger partial charge in [-0.25, -0.2) is 4.79 Å². The number of aliphatic carboxylic acids is 1. The van der Waals surface area contributed by atoms with E-state index in [1.807, 2.05) is 0 Å². The number of carboxylic acids is 1. The quantitative estimate of drug-likeness (QED) is 0.761. The van der Waals surface area contributed by atoms with Crippen molar-refractivity contribution in [3.8, 4) is 0 Å². The summed E-state index contributed by atoms with van der Waals surface area (Å²) in [5.74, 6) is -2.13. The largest absolute Gasteiger partial charge is 0.480 e. The molecule has 3 amide bonds. The van der Waals surface area contributed by atoms with E-state index in [2.05, 4.69) is 5.32 Å². The maximum absolute atomic E-state index is 11.9. The number of para-hydroxylation sites is 1. The Morgan fingerprint density at radius 1 is 1.20 bits per heavy atom. The normalized spacial score (nSPS) is 9.90. The first-order chi connectivity index (χ1) is 9.31. The summed E-state index contributed by atoms with van der Waals surface area (Å²) in [5, 5.41) is 11.4. The van der Waals surface area contributed by atoms with Gasteiger partial charge in [-0.15, -0.1) is 0 Å². The van der Waals surface area contributed by atoms with Crippen molar-refractivity contribution in [3.63, 3.8) is 0 Å². The number of nitrogens with one attached hydrogen (secondary N) is 1. The highest BCUT2D eigenvalue weighted by Gasteiger charge is 2.20. The second-order valence-corrected chi connectivity index (χ2v) is 4.56. The molecule has 0 aliphatic carbocycles. The zero-order valence-electron chi connectivity index (χ0n) is 10.1. The molecule has 0 aliphatic rings. The zero-order chi connectivity index (χ0) is 15.3. The van der Waals surface area contributed by atoms with Gasteiger partial charge >= 0.3 is 12.0 Å². The van der Waals surface area contributed by atoms with E-state index in [4.69, 9.17) is 34.0 Å². The number of primary amides is 1. The molecule has 7 nitrogen and oxygen atoms in total. The van der Waals surface area contributed by atoms with Crippen LogP contribution in [0.2, 0.25) is 10.0 Å². The van der Waals surface area contributed by atoms with Gasteiger partial charge in [-0.1, -0.05) is 29.3 Å². The minimum absolute atomic E-state index is 0.126. The molecule has 9 heteroatoms. The number of halogens is 2. The van der Waals surface area contributed by atoms with Crippen LogP contribution in [0.3, 0.4) is 0 Å². The smallest absolute Gasteiger partial charge is 0.323 e. The van der Waals surface area contributed by atoms with Crippen LogP contribution in [0.15, 0.2) is 18.2 Å². The summed E-state index contributed by atoms with van der Waals surface area (Å²) < 4.78 is 0. The van der Waals surface area contributed by atoms with Crippen LogP contribution in [0, 0.1) is 0 Å². The summed E-state index contributed by atoms with van der Waals surface area (Å²) in [5.41, 5.74) is 5.08. The fourth-order valence-corrected chi connectivity index (χ4v) is 1.85. The SMILES string of the molecule is NC(=O)CN(CC(=O)O)C(=O)Nc1c(Cl)cccc1Cl. The van der Waals surface area contributed by atoms with Crippen LogP contribution in [0.5, 0.6) is 0 Å². The molecule has 0 fully saturated rings. The molecular formula is C11H11Cl2N3O4. The highest BCUT2D eigenvalue weighted by atomic mass is 35.5. The molecule has 0 unspecified atom stereocenters. The van der Waals surface area contributed by atoms with Crippen LogP contribution in [-0.4, -0.2) is 41.0 Å². The van der Waals surface area contributed by atoms with E-state index in [0.717, 1.165) is 4.90 Å². The van der Waals surface area contributed by atoms with Gasteiger partial charge in [0, 0.05) is 0 Å². The average molecular weight is 320 g/mol. The first-order valence-electron chi connectivity index (χ1n) is 5.31. The molecular weight excluding hydrogens is 309 g/mol. The van der Waals surface area contributed by atoms with Gasteiger partial charge < -0.3 is 21.1 Å². The van der Waals surface area contributed by atoms with Crippen LogP contribution >= 0.6 is 23.2 Å². The standard InChI is InChI=1S/C11H11Cl2N3O4/c12-6-2-1-3-7(13)10(6)15-11(20)16(4-8(14)17)5-9(18)19/h1-3H,4-5H2,(H2,14,17)(H,15,20)(H,18,19). The van der Waals surface area contributed by atoms with Gasteiger partial charge in [-0.3, -0.25) is 9.59 Å². The molecule has 1 aromatic carbocycles. The van der Waals surface area contributed by atoms with Crippen molar-refractivity contribution in [1.29, 1.82) is 0 Å². The summed E-state index contributed by atoms with van der Waals surface area (Å²) in [6, 6.07) is 3.73. The first kappa shape index (κ1) is 16.1. The Labute approximate surface area is 124 Å². The van der Waals surface area contributed by atoms with Gasteiger partial charge in [0.2, 0.25) is 5.91 Å². The van der Waals surface area contributed by atoms with E-state index in [9.17, 15) is 14.4 Å². The van der Waals surface area contributed by atoms with E-state index in [0.29, 0.717) is 0 Å².